The van der Waals surface area contributed by atoms with Crippen molar-refractivity contribution >= 4 is 17.8 Å². The van der Waals surface area contributed by atoms with Crippen molar-refractivity contribution in [3.63, 3.8) is 0 Å². The molecular formula is C18H18FN3O4. The van der Waals surface area contributed by atoms with Crippen molar-refractivity contribution in [2.45, 2.75) is 32.0 Å². The van der Waals surface area contributed by atoms with Gasteiger partial charge in [0.2, 0.25) is 11.8 Å². The van der Waals surface area contributed by atoms with Crippen molar-refractivity contribution in [1.29, 1.82) is 0 Å². The van der Waals surface area contributed by atoms with Crippen LogP contribution in [-0.4, -0.2) is 28.8 Å². The van der Waals surface area contributed by atoms with Gasteiger partial charge in [-0.2, -0.15) is 0 Å². The molecule has 8 heteroatoms. The molecule has 1 aliphatic rings. The van der Waals surface area contributed by atoms with Gasteiger partial charge in [-0.25, -0.2) is 9.18 Å². The number of rotatable bonds is 5. The van der Waals surface area contributed by atoms with Gasteiger partial charge in [0.05, 0.1) is 25.3 Å². The predicted octanol–water partition coefficient (Wildman–Crippen LogP) is 2.11. The molecule has 1 saturated heterocycles. The molecule has 2 unspecified atom stereocenters. The lowest BCUT2D eigenvalue weighted by molar-refractivity contribution is -0.138. The Bertz CT molecular complexity index is 786. The molecule has 3 rings (SSSR count). The van der Waals surface area contributed by atoms with E-state index in [0.29, 0.717) is 11.3 Å². The molecule has 0 saturated carbocycles. The minimum atomic E-state index is -0.966. The van der Waals surface area contributed by atoms with Crippen LogP contribution in [0.4, 0.5) is 9.18 Å². The average Bonchev–Trinajstić information content (AvgIpc) is 3.13. The number of imide groups is 1. The largest absolute Gasteiger partial charge is 0.467 e. The fourth-order valence-corrected chi connectivity index (χ4v) is 2.80. The first-order valence-corrected chi connectivity index (χ1v) is 8.14. The number of carbonyl (C=O) groups is 3. The summed E-state index contributed by atoms with van der Waals surface area (Å²) in [7, 11) is 0. The third-order valence-corrected chi connectivity index (χ3v) is 4.22. The maximum Gasteiger partial charge on any atom is 0.325 e. The fraction of sp³-hybridized carbons (Fsp3) is 0.278. The predicted molar refractivity (Wildman–Crippen MR) is 89.2 cm³/mol. The third-order valence-electron chi connectivity index (χ3n) is 4.22. The zero-order valence-corrected chi connectivity index (χ0v) is 14.1. The van der Waals surface area contributed by atoms with Crippen molar-refractivity contribution in [3.8, 4) is 0 Å². The zero-order chi connectivity index (χ0) is 18.7. The Morgan fingerprint density at radius 2 is 2.08 bits per heavy atom. The number of urea groups is 1. The smallest absolute Gasteiger partial charge is 0.325 e. The molecule has 1 aromatic heterocycles. The molecule has 0 spiro atoms. The number of furan rings is 1. The van der Waals surface area contributed by atoms with E-state index < -0.39 is 35.7 Å². The summed E-state index contributed by atoms with van der Waals surface area (Å²) in [5.74, 6) is -0.768. The average molecular weight is 359 g/mol. The first-order valence-electron chi connectivity index (χ1n) is 8.14. The van der Waals surface area contributed by atoms with Gasteiger partial charge in [-0.05, 0) is 36.8 Å². The number of amides is 4. The highest BCUT2D eigenvalue weighted by atomic mass is 19.1. The summed E-state index contributed by atoms with van der Waals surface area (Å²) in [4.78, 5) is 37.9. The second kappa shape index (κ2) is 7.38. The fourth-order valence-electron chi connectivity index (χ4n) is 2.80. The Labute approximate surface area is 149 Å². The van der Waals surface area contributed by atoms with Gasteiger partial charge >= 0.3 is 6.03 Å². The zero-order valence-electron chi connectivity index (χ0n) is 14.1. The summed E-state index contributed by atoms with van der Waals surface area (Å²) in [5.41, 5.74) is 0.627. The van der Waals surface area contributed by atoms with Gasteiger partial charge in [-0.15, -0.1) is 0 Å². The number of hydrogen-bond donors (Lipinski definition) is 2. The topological polar surface area (TPSA) is 91.7 Å². The number of hydrogen-bond acceptors (Lipinski definition) is 4. The monoisotopic (exact) mass is 359 g/mol. The van der Waals surface area contributed by atoms with Crippen LogP contribution in [0.15, 0.2) is 47.1 Å². The van der Waals surface area contributed by atoms with Crippen LogP contribution in [0.1, 0.15) is 30.7 Å². The summed E-state index contributed by atoms with van der Waals surface area (Å²) in [6, 6.07) is 6.80. The van der Waals surface area contributed by atoms with Crippen LogP contribution in [0, 0.1) is 5.82 Å². The summed E-state index contributed by atoms with van der Waals surface area (Å²) in [6.07, 6.45) is 1.48. The summed E-state index contributed by atoms with van der Waals surface area (Å²) < 4.78 is 18.1. The third kappa shape index (κ3) is 3.74. The Morgan fingerprint density at radius 3 is 2.69 bits per heavy atom. The number of carbonyl (C=O) groups excluding carboxylic acids is 3. The molecule has 1 aromatic carbocycles. The van der Waals surface area contributed by atoms with E-state index in [1.165, 1.54) is 37.5 Å². The van der Waals surface area contributed by atoms with Gasteiger partial charge in [0.1, 0.15) is 17.6 Å². The van der Waals surface area contributed by atoms with Gasteiger partial charge in [0.25, 0.3) is 0 Å². The summed E-state index contributed by atoms with van der Waals surface area (Å²) in [5, 5.41) is 5.31. The Hall–Kier alpha value is -3.16. The highest BCUT2D eigenvalue weighted by Crippen LogP contribution is 2.23. The van der Waals surface area contributed by atoms with Crippen LogP contribution in [-0.2, 0) is 16.1 Å². The molecular weight excluding hydrogens is 341 g/mol. The lowest BCUT2D eigenvalue weighted by Gasteiger charge is -2.34. The van der Waals surface area contributed by atoms with E-state index in [2.05, 4.69) is 10.6 Å². The minimum absolute atomic E-state index is 0.00677. The van der Waals surface area contributed by atoms with Crippen molar-refractivity contribution in [1.82, 2.24) is 15.5 Å². The Kier molecular flexibility index (Phi) is 5.01. The van der Waals surface area contributed by atoms with E-state index in [9.17, 15) is 18.8 Å². The molecule has 0 aliphatic carbocycles. The maximum atomic E-state index is 13.0. The molecule has 2 aromatic rings. The van der Waals surface area contributed by atoms with Gasteiger partial charge in [-0.3, -0.25) is 14.5 Å². The maximum absolute atomic E-state index is 13.0. The molecule has 0 bridgehead atoms. The van der Waals surface area contributed by atoms with Crippen LogP contribution in [0.5, 0.6) is 0 Å². The second-order valence-corrected chi connectivity index (χ2v) is 5.99. The van der Waals surface area contributed by atoms with E-state index in [4.69, 9.17) is 4.42 Å². The molecule has 1 fully saturated rings. The first kappa shape index (κ1) is 17.7. The molecule has 26 heavy (non-hydrogen) atoms. The lowest BCUT2D eigenvalue weighted by atomic mass is 10.0. The van der Waals surface area contributed by atoms with Crippen molar-refractivity contribution < 1.29 is 23.2 Å². The van der Waals surface area contributed by atoms with Gasteiger partial charge < -0.3 is 15.1 Å². The number of benzene rings is 1. The van der Waals surface area contributed by atoms with Crippen LogP contribution in [0.25, 0.3) is 0 Å². The number of halogens is 1. The highest BCUT2D eigenvalue weighted by molar-refractivity contribution is 6.01. The lowest BCUT2D eigenvalue weighted by Crippen LogP contribution is -2.58. The molecule has 0 radical (unpaired) electrons. The van der Waals surface area contributed by atoms with Gasteiger partial charge in [-0.1, -0.05) is 12.1 Å². The van der Waals surface area contributed by atoms with Crippen LogP contribution in [0.3, 0.4) is 0 Å². The normalized spacial score (nSPS) is 18.4. The SMILES string of the molecule is CC(C(=O)NCc1ccco1)N1C(=O)CC(c2ccc(F)cc2)NC1=O. The number of nitrogens with zero attached hydrogens (tertiary/aromatic N) is 1. The molecule has 136 valence electrons. The number of nitrogens with one attached hydrogen (secondary N) is 2. The van der Waals surface area contributed by atoms with Gasteiger partial charge in [0, 0.05) is 0 Å². The molecule has 2 N–H and O–H groups in total. The standard InChI is InChI=1S/C18H18FN3O4/c1-11(17(24)20-10-14-3-2-8-26-14)22-16(23)9-15(21-18(22)25)12-4-6-13(19)7-5-12/h2-8,11,15H,9-10H2,1H3,(H,20,24)(H,21,25). The summed E-state index contributed by atoms with van der Waals surface area (Å²) in [6.45, 7) is 1.64. The van der Waals surface area contributed by atoms with Crippen LogP contribution in [0.2, 0.25) is 0 Å². The highest BCUT2D eigenvalue weighted by Gasteiger charge is 2.38. The van der Waals surface area contributed by atoms with Crippen LogP contribution >= 0.6 is 0 Å². The van der Waals surface area contributed by atoms with E-state index in [1.807, 2.05) is 0 Å². The molecule has 1 aliphatic heterocycles. The van der Waals surface area contributed by atoms with Gasteiger partial charge in [0.15, 0.2) is 0 Å². The van der Waals surface area contributed by atoms with E-state index >= 15 is 0 Å². The molecule has 2 heterocycles. The Morgan fingerprint density at radius 1 is 1.35 bits per heavy atom. The van der Waals surface area contributed by atoms with E-state index in [-0.39, 0.29) is 13.0 Å². The quantitative estimate of drug-likeness (QED) is 0.855. The van der Waals surface area contributed by atoms with Crippen molar-refractivity contribution in [2.24, 2.45) is 0 Å². The van der Waals surface area contributed by atoms with Crippen LogP contribution < -0.4 is 10.6 Å². The van der Waals surface area contributed by atoms with Crippen molar-refractivity contribution in [2.75, 3.05) is 0 Å². The Balaban J connectivity index is 1.63. The second-order valence-electron chi connectivity index (χ2n) is 5.99. The van der Waals surface area contributed by atoms with E-state index in [1.54, 1.807) is 12.1 Å². The molecule has 2 atom stereocenters. The molecule has 4 amide bonds. The molecule has 7 nitrogen and oxygen atoms in total. The minimum Gasteiger partial charge on any atom is -0.467 e. The summed E-state index contributed by atoms with van der Waals surface area (Å²) >= 11 is 0. The van der Waals surface area contributed by atoms with Crippen molar-refractivity contribution in [3.05, 3.63) is 59.8 Å². The van der Waals surface area contributed by atoms with E-state index in [0.717, 1.165) is 4.90 Å². The first-order chi connectivity index (χ1) is 12.5.